The summed E-state index contributed by atoms with van der Waals surface area (Å²) in [5, 5.41) is 1.96. The maximum absolute atomic E-state index is 12.9. The fraction of sp³-hybridized carbons (Fsp3) is 0.316. The smallest absolute Gasteiger partial charge is 0.254 e. The molecule has 1 aromatic carbocycles. The fourth-order valence-electron chi connectivity index (χ4n) is 2.38. The number of carbonyl (C=O) groups excluding carboxylic acids is 1. The van der Waals surface area contributed by atoms with E-state index in [-0.39, 0.29) is 16.8 Å². The fourth-order valence-corrected chi connectivity index (χ4v) is 4.52. The molecule has 2 rings (SSSR count). The van der Waals surface area contributed by atoms with Crippen LogP contribution in [-0.2, 0) is 16.6 Å². The molecule has 1 heterocycles. The van der Waals surface area contributed by atoms with Gasteiger partial charge in [0.25, 0.3) is 5.91 Å². The Labute approximate surface area is 159 Å². The summed E-state index contributed by atoms with van der Waals surface area (Å²) >= 11 is 1.57. The number of amides is 1. The lowest BCUT2D eigenvalue weighted by molar-refractivity contribution is 0.0764. The van der Waals surface area contributed by atoms with Gasteiger partial charge in [0.05, 0.1) is 11.4 Å². The Morgan fingerprint density at radius 1 is 1.27 bits per heavy atom. The maximum Gasteiger partial charge on any atom is 0.254 e. The Bertz CT molecular complexity index is 859. The first kappa shape index (κ1) is 20.4. The molecule has 1 amide bonds. The summed E-state index contributed by atoms with van der Waals surface area (Å²) in [4.78, 5) is 15.7. The monoisotopic (exact) mass is 392 g/mol. The number of hydrogen-bond donors (Lipinski definition) is 0. The van der Waals surface area contributed by atoms with Crippen molar-refractivity contribution in [1.82, 2.24) is 9.21 Å². The van der Waals surface area contributed by atoms with Crippen molar-refractivity contribution in [3.05, 3.63) is 64.9 Å². The Hall–Kier alpha value is -1.96. The minimum absolute atomic E-state index is 0.120. The maximum atomic E-state index is 12.9. The SMILES string of the molecule is C=CCN(Cc1cccs1)C(=O)c1cccc(S(=O)(=O)N(C)C(C)C)c1. The van der Waals surface area contributed by atoms with Gasteiger partial charge in [-0.15, -0.1) is 17.9 Å². The van der Waals surface area contributed by atoms with Crippen LogP contribution in [0.15, 0.2) is 59.3 Å². The summed E-state index contributed by atoms with van der Waals surface area (Å²) in [6.45, 7) is 8.17. The molecule has 0 radical (unpaired) electrons. The number of rotatable bonds is 8. The molecule has 0 bridgehead atoms. The van der Waals surface area contributed by atoms with Crippen molar-refractivity contribution < 1.29 is 13.2 Å². The van der Waals surface area contributed by atoms with Crippen molar-refractivity contribution in [3.63, 3.8) is 0 Å². The highest BCUT2D eigenvalue weighted by molar-refractivity contribution is 7.89. The molecule has 140 valence electrons. The number of hydrogen-bond acceptors (Lipinski definition) is 4. The van der Waals surface area contributed by atoms with E-state index < -0.39 is 10.0 Å². The third-order valence-electron chi connectivity index (χ3n) is 4.05. The minimum Gasteiger partial charge on any atom is -0.330 e. The van der Waals surface area contributed by atoms with Crippen molar-refractivity contribution in [3.8, 4) is 0 Å². The predicted molar refractivity (Wildman–Crippen MR) is 106 cm³/mol. The van der Waals surface area contributed by atoms with Crippen molar-refractivity contribution in [2.75, 3.05) is 13.6 Å². The Morgan fingerprint density at radius 3 is 2.58 bits per heavy atom. The summed E-state index contributed by atoms with van der Waals surface area (Å²) in [7, 11) is -2.10. The summed E-state index contributed by atoms with van der Waals surface area (Å²) in [5.74, 6) is -0.220. The molecule has 0 aliphatic rings. The molecule has 7 heteroatoms. The van der Waals surface area contributed by atoms with E-state index in [4.69, 9.17) is 0 Å². The van der Waals surface area contributed by atoms with Crippen LogP contribution in [0.25, 0.3) is 0 Å². The van der Waals surface area contributed by atoms with Gasteiger partial charge in [0.15, 0.2) is 0 Å². The van der Waals surface area contributed by atoms with Gasteiger partial charge in [-0.05, 0) is 43.5 Å². The predicted octanol–water partition coefficient (Wildman–Crippen LogP) is 3.61. The molecule has 0 fully saturated rings. The third kappa shape index (κ3) is 4.60. The first-order chi connectivity index (χ1) is 12.3. The van der Waals surface area contributed by atoms with Crippen molar-refractivity contribution in [2.24, 2.45) is 0 Å². The third-order valence-corrected chi connectivity index (χ3v) is 6.94. The number of benzene rings is 1. The molecule has 26 heavy (non-hydrogen) atoms. The van der Waals surface area contributed by atoms with Gasteiger partial charge in [-0.25, -0.2) is 8.42 Å². The molecule has 0 saturated heterocycles. The summed E-state index contributed by atoms with van der Waals surface area (Å²) in [5.41, 5.74) is 0.349. The van der Waals surface area contributed by atoms with Crippen LogP contribution in [0.4, 0.5) is 0 Å². The largest absolute Gasteiger partial charge is 0.330 e. The molecular weight excluding hydrogens is 368 g/mol. The zero-order chi connectivity index (χ0) is 19.3. The lowest BCUT2D eigenvalue weighted by atomic mass is 10.2. The van der Waals surface area contributed by atoms with Crippen LogP contribution < -0.4 is 0 Å². The van der Waals surface area contributed by atoms with Gasteiger partial charge in [0.2, 0.25) is 10.0 Å². The van der Waals surface area contributed by atoms with Crippen molar-refractivity contribution in [2.45, 2.75) is 31.3 Å². The highest BCUT2D eigenvalue weighted by Gasteiger charge is 2.25. The molecule has 2 aromatic rings. The molecule has 0 N–H and O–H groups in total. The first-order valence-electron chi connectivity index (χ1n) is 8.28. The zero-order valence-corrected chi connectivity index (χ0v) is 16.9. The molecule has 1 aromatic heterocycles. The standard InChI is InChI=1S/C19H24N2O3S2/c1-5-11-21(14-17-9-7-12-25-17)19(22)16-8-6-10-18(13-16)26(23,24)20(4)15(2)3/h5-10,12-13,15H,1,11,14H2,2-4H3. The van der Waals surface area contributed by atoms with Crippen LogP contribution in [0, 0.1) is 0 Å². The average molecular weight is 393 g/mol. The lowest BCUT2D eigenvalue weighted by Crippen LogP contribution is -2.33. The lowest BCUT2D eigenvalue weighted by Gasteiger charge is -2.23. The van der Waals surface area contributed by atoms with E-state index >= 15 is 0 Å². The van der Waals surface area contributed by atoms with Crippen LogP contribution in [0.5, 0.6) is 0 Å². The summed E-state index contributed by atoms with van der Waals surface area (Å²) < 4.78 is 26.7. The van der Waals surface area contributed by atoms with E-state index in [2.05, 4.69) is 6.58 Å². The first-order valence-corrected chi connectivity index (χ1v) is 10.6. The molecule has 0 aliphatic carbocycles. The van der Waals surface area contributed by atoms with Crippen LogP contribution >= 0.6 is 11.3 Å². The van der Waals surface area contributed by atoms with Crippen molar-refractivity contribution >= 4 is 27.3 Å². The van der Waals surface area contributed by atoms with E-state index in [0.717, 1.165) is 4.88 Å². The number of sulfonamides is 1. The molecule has 0 aliphatic heterocycles. The van der Waals surface area contributed by atoms with E-state index in [1.165, 1.54) is 23.5 Å². The van der Waals surface area contributed by atoms with Gasteiger partial charge in [-0.3, -0.25) is 4.79 Å². The Morgan fingerprint density at radius 2 is 2.00 bits per heavy atom. The zero-order valence-electron chi connectivity index (χ0n) is 15.3. The number of carbonyl (C=O) groups is 1. The minimum atomic E-state index is -3.64. The van der Waals surface area contributed by atoms with Crippen LogP contribution in [0.3, 0.4) is 0 Å². The van der Waals surface area contributed by atoms with Crippen LogP contribution in [-0.4, -0.2) is 43.2 Å². The normalized spacial score (nSPS) is 11.7. The van der Waals surface area contributed by atoms with Crippen molar-refractivity contribution in [1.29, 1.82) is 0 Å². The number of thiophene rings is 1. The van der Waals surface area contributed by atoms with Gasteiger partial charge in [0.1, 0.15) is 0 Å². The highest BCUT2D eigenvalue weighted by Crippen LogP contribution is 2.20. The molecular formula is C19H24N2O3S2. The quantitative estimate of drug-likeness (QED) is 0.645. The van der Waals surface area contributed by atoms with E-state index in [0.29, 0.717) is 18.7 Å². The molecule has 0 saturated carbocycles. The van der Waals surface area contributed by atoms with Gasteiger partial charge in [0, 0.05) is 30.1 Å². The number of nitrogens with zero attached hydrogens (tertiary/aromatic N) is 2. The van der Waals surface area contributed by atoms with Gasteiger partial charge in [-0.1, -0.05) is 18.2 Å². The van der Waals surface area contributed by atoms with E-state index in [1.807, 2.05) is 17.5 Å². The Balaban J connectivity index is 2.32. The summed E-state index contributed by atoms with van der Waals surface area (Å²) in [6, 6.07) is 9.93. The molecule has 0 unspecified atom stereocenters. The average Bonchev–Trinajstić information content (AvgIpc) is 3.13. The van der Waals surface area contributed by atoms with Gasteiger partial charge in [-0.2, -0.15) is 4.31 Å². The summed E-state index contributed by atoms with van der Waals surface area (Å²) in [6.07, 6.45) is 1.67. The Kier molecular flexibility index (Phi) is 6.75. The van der Waals surface area contributed by atoms with Gasteiger partial charge < -0.3 is 4.90 Å². The van der Waals surface area contributed by atoms with E-state index in [1.54, 1.807) is 48.3 Å². The van der Waals surface area contributed by atoms with E-state index in [9.17, 15) is 13.2 Å². The highest BCUT2D eigenvalue weighted by atomic mass is 32.2. The van der Waals surface area contributed by atoms with Crippen LogP contribution in [0.2, 0.25) is 0 Å². The molecule has 0 atom stereocenters. The molecule has 0 spiro atoms. The second-order valence-corrected chi connectivity index (χ2v) is 9.23. The second kappa shape index (κ2) is 8.62. The topological polar surface area (TPSA) is 57.7 Å². The second-order valence-electron chi connectivity index (χ2n) is 6.20. The molecule has 5 nitrogen and oxygen atoms in total. The van der Waals surface area contributed by atoms with Crippen LogP contribution in [0.1, 0.15) is 29.1 Å². The van der Waals surface area contributed by atoms with Gasteiger partial charge >= 0.3 is 0 Å².